The second-order valence-electron chi connectivity index (χ2n) is 5.26. The fourth-order valence-electron chi connectivity index (χ4n) is 1.84. The largest absolute Gasteiger partial charge is 0.351 e. The minimum Gasteiger partial charge on any atom is -0.351 e. The van der Waals surface area contributed by atoms with Gasteiger partial charge in [0.15, 0.2) is 0 Å². The number of nitrogens with one attached hydrogen (secondary N) is 1. The quantitative estimate of drug-likeness (QED) is 0.717. The van der Waals surface area contributed by atoms with Crippen molar-refractivity contribution in [3.05, 3.63) is 0 Å². The van der Waals surface area contributed by atoms with Gasteiger partial charge in [-0.3, -0.25) is 4.79 Å². The Morgan fingerprint density at radius 2 is 1.60 bits per heavy atom. The van der Waals surface area contributed by atoms with Gasteiger partial charge in [0.1, 0.15) is 0 Å². The first-order valence-corrected chi connectivity index (χ1v) is 6.31. The minimum absolute atomic E-state index is 0.0527. The van der Waals surface area contributed by atoms with Crippen molar-refractivity contribution in [3.8, 4) is 0 Å². The van der Waals surface area contributed by atoms with Crippen molar-refractivity contribution in [3.63, 3.8) is 0 Å². The topological polar surface area (TPSA) is 29.1 Å². The summed E-state index contributed by atoms with van der Waals surface area (Å²) in [7, 11) is 0. The van der Waals surface area contributed by atoms with Gasteiger partial charge in [0, 0.05) is 12.5 Å². The van der Waals surface area contributed by atoms with E-state index in [9.17, 15) is 4.79 Å². The number of rotatable bonds is 4. The van der Waals surface area contributed by atoms with E-state index >= 15 is 0 Å². The van der Waals surface area contributed by atoms with Gasteiger partial charge in [0.05, 0.1) is 0 Å². The molecule has 2 nitrogen and oxygen atoms in total. The van der Waals surface area contributed by atoms with E-state index < -0.39 is 0 Å². The van der Waals surface area contributed by atoms with Crippen LogP contribution in [0.15, 0.2) is 0 Å². The van der Waals surface area contributed by atoms with E-state index in [4.69, 9.17) is 0 Å². The van der Waals surface area contributed by atoms with E-state index in [-0.39, 0.29) is 11.4 Å². The van der Waals surface area contributed by atoms with Gasteiger partial charge in [-0.2, -0.15) is 12.6 Å². The highest BCUT2D eigenvalue weighted by atomic mass is 32.1. The highest BCUT2D eigenvalue weighted by Gasteiger charge is 2.27. The van der Waals surface area contributed by atoms with Crippen LogP contribution in [0, 0.1) is 5.41 Å². The van der Waals surface area contributed by atoms with Crippen LogP contribution in [-0.2, 0) is 4.79 Å². The van der Waals surface area contributed by atoms with Crippen molar-refractivity contribution in [2.45, 2.75) is 59.9 Å². The van der Waals surface area contributed by atoms with Crippen molar-refractivity contribution in [1.82, 2.24) is 5.32 Å². The van der Waals surface area contributed by atoms with Gasteiger partial charge in [-0.15, -0.1) is 0 Å². The molecule has 0 rings (SSSR count). The standard InChI is InChI=1S/C11H23NO.CH4S/c1-7-10(3,4)8-11(5,6)12-9(2)13;1-2/h7-8H2,1-6H3,(H,12,13);2H,1H3. The number of thiol groups is 1. The lowest BCUT2D eigenvalue weighted by atomic mass is 9.78. The molecule has 0 unspecified atom stereocenters. The van der Waals surface area contributed by atoms with Crippen molar-refractivity contribution in [2.75, 3.05) is 6.26 Å². The van der Waals surface area contributed by atoms with Gasteiger partial charge in [0.2, 0.25) is 5.91 Å². The maximum absolute atomic E-state index is 10.9. The molecule has 0 atom stereocenters. The van der Waals surface area contributed by atoms with Crippen molar-refractivity contribution in [2.24, 2.45) is 5.41 Å². The van der Waals surface area contributed by atoms with Crippen LogP contribution in [0.25, 0.3) is 0 Å². The summed E-state index contributed by atoms with van der Waals surface area (Å²) in [4.78, 5) is 10.9. The first-order valence-electron chi connectivity index (χ1n) is 5.42. The molecule has 0 aromatic rings. The third-order valence-electron chi connectivity index (χ3n) is 2.39. The molecule has 0 saturated heterocycles. The average molecular weight is 233 g/mol. The SMILES string of the molecule is CCC(C)(C)CC(C)(C)NC(C)=O.CS. The fraction of sp³-hybridized carbons (Fsp3) is 0.917. The molecule has 15 heavy (non-hydrogen) atoms. The number of carbonyl (C=O) groups is 1. The Bertz CT molecular complexity index is 188. The molecule has 0 aromatic carbocycles. The minimum atomic E-state index is -0.0919. The number of carbonyl (C=O) groups excluding carboxylic acids is 1. The van der Waals surface area contributed by atoms with Crippen LogP contribution < -0.4 is 5.32 Å². The van der Waals surface area contributed by atoms with Crippen LogP contribution in [0.1, 0.15) is 54.4 Å². The number of hydrogen-bond donors (Lipinski definition) is 2. The molecule has 0 bridgehead atoms. The summed E-state index contributed by atoms with van der Waals surface area (Å²) in [5.74, 6) is 0.0527. The summed E-state index contributed by atoms with van der Waals surface area (Å²) in [6.07, 6.45) is 3.84. The monoisotopic (exact) mass is 233 g/mol. The summed E-state index contributed by atoms with van der Waals surface area (Å²) in [5.41, 5.74) is 0.206. The van der Waals surface area contributed by atoms with E-state index in [1.165, 1.54) is 0 Å². The Kier molecular flexibility index (Phi) is 8.21. The van der Waals surface area contributed by atoms with Crippen LogP contribution in [0.3, 0.4) is 0 Å². The molecule has 0 aromatic heterocycles. The molecular weight excluding hydrogens is 206 g/mol. The molecule has 0 aliphatic carbocycles. The Morgan fingerprint density at radius 1 is 1.20 bits per heavy atom. The molecule has 3 heteroatoms. The maximum Gasteiger partial charge on any atom is 0.217 e. The van der Waals surface area contributed by atoms with Crippen LogP contribution in [0.5, 0.6) is 0 Å². The number of amides is 1. The van der Waals surface area contributed by atoms with Crippen LogP contribution in [-0.4, -0.2) is 17.7 Å². The van der Waals surface area contributed by atoms with E-state index in [1.807, 2.05) is 0 Å². The molecule has 0 heterocycles. The van der Waals surface area contributed by atoms with Gasteiger partial charge in [0.25, 0.3) is 0 Å². The molecule has 0 aliphatic heterocycles. The van der Waals surface area contributed by atoms with Gasteiger partial charge < -0.3 is 5.32 Å². The van der Waals surface area contributed by atoms with E-state index in [0.29, 0.717) is 5.41 Å². The van der Waals surface area contributed by atoms with E-state index in [1.54, 1.807) is 13.2 Å². The van der Waals surface area contributed by atoms with Crippen LogP contribution in [0.2, 0.25) is 0 Å². The lowest BCUT2D eigenvalue weighted by molar-refractivity contribution is -0.120. The molecule has 1 N–H and O–H groups in total. The van der Waals surface area contributed by atoms with Crippen molar-refractivity contribution in [1.29, 1.82) is 0 Å². The second-order valence-corrected chi connectivity index (χ2v) is 5.26. The molecule has 92 valence electrons. The third-order valence-corrected chi connectivity index (χ3v) is 2.39. The van der Waals surface area contributed by atoms with Gasteiger partial charge in [-0.25, -0.2) is 0 Å². The number of hydrogen-bond acceptors (Lipinski definition) is 2. The fourth-order valence-corrected chi connectivity index (χ4v) is 1.84. The maximum atomic E-state index is 10.9. The highest BCUT2D eigenvalue weighted by molar-refractivity contribution is 7.79. The first kappa shape index (κ1) is 17.2. The van der Waals surface area contributed by atoms with Gasteiger partial charge >= 0.3 is 0 Å². The summed E-state index contributed by atoms with van der Waals surface area (Å²) >= 11 is 3.53. The zero-order chi connectivity index (χ0) is 12.7. The van der Waals surface area contributed by atoms with Crippen molar-refractivity contribution >= 4 is 18.5 Å². The zero-order valence-electron chi connectivity index (χ0n) is 11.3. The summed E-state index contributed by atoms with van der Waals surface area (Å²) in [6, 6.07) is 0. The first-order chi connectivity index (χ1) is 6.68. The molecule has 0 spiro atoms. The predicted molar refractivity (Wildman–Crippen MR) is 71.5 cm³/mol. The molecule has 0 fully saturated rings. The zero-order valence-corrected chi connectivity index (χ0v) is 12.2. The van der Waals surface area contributed by atoms with E-state index in [2.05, 4.69) is 52.6 Å². The molecular formula is C12H27NOS. The Morgan fingerprint density at radius 3 is 1.87 bits per heavy atom. The van der Waals surface area contributed by atoms with Crippen molar-refractivity contribution < 1.29 is 4.79 Å². The third kappa shape index (κ3) is 10.1. The smallest absolute Gasteiger partial charge is 0.217 e. The summed E-state index contributed by atoms with van der Waals surface area (Å²) in [5, 5.41) is 2.97. The molecule has 0 saturated carbocycles. The summed E-state index contributed by atoms with van der Waals surface area (Å²) < 4.78 is 0. The molecule has 0 radical (unpaired) electrons. The predicted octanol–water partition coefficient (Wildman–Crippen LogP) is 3.27. The normalized spacial score (nSPS) is 11.5. The molecule has 0 aliphatic rings. The summed E-state index contributed by atoms with van der Waals surface area (Å²) in [6.45, 7) is 12.4. The highest BCUT2D eigenvalue weighted by Crippen LogP contribution is 2.30. The van der Waals surface area contributed by atoms with Gasteiger partial charge in [-0.05, 0) is 31.9 Å². The average Bonchev–Trinajstić information content (AvgIpc) is 2.03. The lowest BCUT2D eigenvalue weighted by Gasteiger charge is -2.34. The van der Waals surface area contributed by atoms with E-state index in [0.717, 1.165) is 12.8 Å². The Balaban J connectivity index is 0. The van der Waals surface area contributed by atoms with Crippen LogP contribution >= 0.6 is 12.6 Å². The lowest BCUT2D eigenvalue weighted by Crippen LogP contribution is -2.45. The van der Waals surface area contributed by atoms with Crippen LogP contribution in [0.4, 0.5) is 0 Å². The van der Waals surface area contributed by atoms with Gasteiger partial charge in [-0.1, -0.05) is 27.2 Å². The Hall–Kier alpha value is -0.180. The molecule has 1 amide bonds. The Labute approximate surface area is 101 Å². The second kappa shape index (κ2) is 7.15.